The Morgan fingerprint density at radius 1 is 1.00 bits per heavy atom. The van der Waals surface area contributed by atoms with Gasteiger partial charge in [0.15, 0.2) is 0 Å². The molecule has 0 saturated carbocycles. The number of carbonyl (C=O) groups excluding carboxylic acids is 2. The molecule has 1 heterocycles. The van der Waals surface area contributed by atoms with Gasteiger partial charge in [0.05, 0.1) is 25.4 Å². The van der Waals surface area contributed by atoms with E-state index in [-0.39, 0.29) is 31.4 Å². The topological polar surface area (TPSA) is 71.1 Å². The number of amides is 3. The summed E-state index contributed by atoms with van der Waals surface area (Å²) in [5, 5.41) is 4.79. The zero-order chi connectivity index (χ0) is 25.0. The van der Waals surface area contributed by atoms with E-state index in [2.05, 4.69) is 5.32 Å². The molecule has 0 unspecified atom stereocenters. The monoisotopic (exact) mass is 499 g/mol. The third-order valence-corrected chi connectivity index (χ3v) is 6.03. The molecule has 3 aromatic rings. The zero-order valence-corrected chi connectivity index (χ0v) is 20.7. The number of nitrogens with one attached hydrogen (secondary N) is 1. The minimum absolute atomic E-state index is 0.140. The van der Waals surface area contributed by atoms with Crippen molar-refractivity contribution in [3.63, 3.8) is 0 Å². The van der Waals surface area contributed by atoms with E-state index in [1.165, 1.54) is 17.0 Å². The number of halogens is 1. The minimum Gasteiger partial charge on any atom is -0.492 e. The summed E-state index contributed by atoms with van der Waals surface area (Å²) in [5.41, 5.74) is 1.32. The van der Waals surface area contributed by atoms with E-state index in [0.717, 1.165) is 10.4 Å². The van der Waals surface area contributed by atoms with Gasteiger partial charge >= 0.3 is 6.03 Å². The van der Waals surface area contributed by atoms with Gasteiger partial charge in [0.1, 0.15) is 18.1 Å². The van der Waals surface area contributed by atoms with E-state index >= 15 is 0 Å². The molecule has 0 fully saturated rings. The number of methoxy groups -OCH3 is 1. The van der Waals surface area contributed by atoms with Crippen LogP contribution in [0.25, 0.3) is 0 Å². The van der Waals surface area contributed by atoms with Gasteiger partial charge in [0.2, 0.25) is 5.91 Å². The Hall–Kier alpha value is -3.43. The second-order valence-corrected chi connectivity index (χ2v) is 8.76. The highest BCUT2D eigenvalue weighted by molar-refractivity contribution is 7.09. The number of benzene rings is 2. The first kappa shape index (κ1) is 26.2. The number of rotatable bonds is 12. The van der Waals surface area contributed by atoms with Crippen LogP contribution in [0.4, 0.5) is 14.9 Å². The Labute approximate surface area is 209 Å². The van der Waals surface area contributed by atoms with E-state index in [4.69, 9.17) is 9.47 Å². The SMILES string of the molecule is CCOc1ccccc1NC(=O)N(CCOC)CC(=O)N(Cc1ccc(F)cc1)Cc1cccs1. The zero-order valence-electron chi connectivity index (χ0n) is 19.9. The Morgan fingerprint density at radius 2 is 1.77 bits per heavy atom. The molecule has 0 atom stereocenters. The van der Waals surface area contributed by atoms with E-state index in [1.54, 1.807) is 53.7 Å². The van der Waals surface area contributed by atoms with Crippen LogP contribution in [0.1, 0.15) is 17.4 Å². The van der Waals surface area contributed by atoms with Crippen molar-refractivity contribution >= 4 is 29.0 Å². The molecule has 1 N–H and O–H groups in total. The summed E-state index contributed by atoms with van der Waals surface area (Å²) in [5.74, 6) is -0.0105. The molecular formula is C26H30FN3O4S. The second-order valence-electron chi connectivity index (χ2n) is 7.73. The summed E-state index contributed by atoms with van der Waals surface area (Å²) < 4.78 is 24.1. The van der Waals surface area contributed by atoms with Crippen molar-refractivity contribution in [2.24, 2.45) is 0 Å². The van der Waals surface area contributed by atoms with Gasteiger partial charge in [-0.25, -0.2) is 9.18 Å². The summed E-state index contributed by atoms with van der Waals surface area (Å²) in [6.45, 7) is 3.37. The molecule has 3 amide bonds. The van der Waals surface area contributed by atoms with Crippen molar-refractivity contribution in [3.8, 4) is 5.75 Å². The predicted molar refractivity (Wildman–Crippen MR) is 135 cm³/mol. The minimum atomic E-state index is -0.430. The lowest BCUT2D eigenvalue weighted by Gasteiger charge is -2.28. The number of ether oxygens (including phenoxy) is 2. The summed E-state index contributed by atoms with van der Waals surface area (Å²) in [6, 6.07) is 16.7. The van der Waals surface area contributed by atoms with Crippen LogP contribution in [0.3, 0.4) is 0 Å². The quantitative estimate of drug-likeness (QED) is 0.381. The van der Waals surface area contributed by atoms with Crippen LogP contribution in [0.15, 0.2) is 66.0 Å². The van der Waals surface area contributed by atoms with Gasteiger partial charge in [0, 0.05) is 25.1 Å². The van der Waals surface area contributed by atoms with Crippen LogP contribution in [-0.4, -0.2) is 55.2 Å². The fraction of sp³-hybridized carbons (Fsp3) is 0.308. The number of urea groups is 1. The molecule has 186 valence electrons. The molecular weight excluding hydrogens is 469 g/mol. The molecule has 9 heteroatoms. The highest BCUT2D eigenvalue weighted by Crippen LogP contribution is 2.24. The Morgan fingerprint density at radius 3 is 2.46 bits per heavy atom. The van der Waals surface area contributed by atoms with Crippen LogP contribution in [0.5, 0.6) is 5.75 Å². The molecule has 0 spiro atoms. The molecule has 0 radical (unpaired) electrons. The molecule has 3 rings (SSSR count). The fourth-order valence-corrected chi connectivity index (χ4v) is 4.12. The summed E-state index contributed by atoms with van der Waals surface area (Å²) in [7, 11) is 1.54. The lowest BCUT2D eigenvalue weighted by Crippen LogP contribution is -2.45. The molecule has 2 aromatic carbocycles. The van der Waals surface area contributed by atoms with Crippen LogP contribution in [0.2, 0.25) is 0 Å². The number of hydrogen-bond acceptors (Lipinski definition) is 5. The van der Waals surface area contributed by atoms with E-state index in [1.807, 2.05) is 30.5 Å². The van der Waals surface area contributed by atoms with Gasteiger partial charge in [0.25, 0.3) is 0 Å². The number of anilines is 1. The van der Waals surface area contributed by atoms with Crippen molar-refractivity contribution in [1.82, 2.24) is 9.80 Å². The summed E-state index contributed by atoms with van der Waals surface area (Å²) in [6.07, 6.45) is 0. The van der Waals surface area contributed by atoms with E-state index in [9.17, 15) is 14.0 Å². The highest BCUT2D eigenvalue weighted by atomic mass is 32.1. The molecule has 0 bridgehead atoms. The van der Waals surface area contributed by atoms with Crippen LogP contribution in [-0.2, 0) is 22.6 Å². The molecule has 0 aliphatic rings. The van der Waals surface area contributed by atoms with Crippen LogP contribution < -0.4 is 10.1 Å². The molecule has 0 aliphatic carbocycles. The largest absolute Gasteiger partial charge is 0.492 e. The third-order valence-electron chi connectivity index (χ3n) is 5.17. The molecule has 0 saturated heterocycles. The maximum absolute atomic E-state index is 13.4. The van der Waals surface area contributed by atoms with Gasteiger partial charge in [-0.05, 0) is 48.2 Å². The van der Waals surface area contributed by atoms with Crippen molar-refractivity contribution in [2.75, 3.05) is 38.7 Å². The van der Waals surface area contributed by atoms with Gasteiger partial charge in [-0.1, -0.05) is 30.3 Å². The first-order valence-electron chi connectivity index (χ1n) is 11.3. The number of nitrogens with zero attached hydrogens (tertiary/aromatic N) is 2. The number of para-hydroxylation sites is 2. The lowest BCUT2D eigenvalue weighted by molar-refractivity contribution is -0.133. The molecule has 7 nitrogen and oxygen atoms in total. The number of carbonyl (C=O) groups is 2. The standard InChI is InChI=1S/C26H30FN3O4S/c1-3-34-24-9-5-4-8-23(24)28-26(32)29(14-15-33-2)19-25(31)30(18-22-7-6-16-35-22)17-20-10-12-21(27)13-11-20/h4-13,16H,3,14-15,17-19H2,1-2H3,(H,28,32). The van der Waals surface area contributed by atoms with Gasteiger partial charge in [-0.2, -0.15) is 0 Å². The van der Waals surface area contributed by atoms with Crippen LogP contribution >= 0.6 is 11.3 Å². The van der Waals surface area contributed by atoms with Crippen molar-refractivity contribution in [2.45, 2.75) is 20.0 Å². The first-order valence-corrected chi connectivity index (χ1v) is 12.2. The average Bonchev–Trinajstić information content (AvgIpc) is 3.37. The van der Waals surface area contributed by atoms with Crippen LogP contribution in [0, 0.1) is 5.82 Å². The summed E-state index contributed by atoms with van der Waals surface area (Å²) in [4.78, 5) is 30.6. The van der Waals surface area contributed by atoms with Crippen molar-refractivity contribution in [3.05, 3.63) is 82.3 Å². The molecule has 1 aromatic heterocycles. The fourth-order valence-electron chi connectivity index (χ4n) is 3.40. The second kappa shape index (κ2) is 13.5. The maximum Gasteiger partial charge on any atom is 0.322 e. The maximum atomic E-state index is 13.4. The smallest absolute Gasteiger partial charge is 0.322 e. The van der Waals surface area contributed by atoms with Gasteiger partial charge in [-0.3, -0.25) is 4.79 Å². The predicted octanol–water partition coefficient (Wildman–Crippen LogP) is 5.00. The van der Waals surface area contributed by atoms with E-state index in [0.29, 0.717) is 31.1 Å². The highest BCUT2D eigenvalue weighted by Gasteiger charge is 2.23. The van der Waals surface area contributed by atoms with E-state index < -0.39 is 6.03 Å². The lowest BCUT2D eigenvalue weighted by atomic mass is 10.2. The van der Waals surface area contributed by atoms with Gasteiger partial charge in [-0.15, -0.1) is 11.3 Å². The van der Waals surface area contributed by atoms with Crippen molar-refractivity contribution < 1.29 is 23.5 Å². The number of hydrogen-bond donors (Lipinski definition) is 1. The Balaban J connectivity index is 1.76. The third kappa shape index (κ3) is 8.08. The average molecular weight is 500 g/mol. The normalized spacial score (nSPS) is 10.6. The van der Waals surface area contributed by atoms with Crippen molar-refractivity contribution in [1.29, 1.82) is 0 Å². The molecule has 0 aliphatic heterocycles. The summed E-state index contributed by atoms with van der Waals surface area (Å²) >= 11 is 1.55. The van der Waals surface area contributed by atoms with Gasteiger partial charge < -0.3 is 24.6 Å². The first-order chi connectivity index (χ1) is 17.0. The Kier molecular flexibility index (Phi) is 10.1. The Bertz CT molecular complexity index is 1080. The number of thiophene rings is 1. The molecule has 35 heavy (non-hydrogen) atoms.